The van der Waals surface area contributed by atoms with E-state index in [1.165, 1.54) is 128 Å². The summed E-state index contributed by atoms with van der Waals surface area (Å²) in [4.78, 5) is 2.35. The van der Waals surface area contributed by atoms with Crippen LogP contribution in [0.5, 0.6) is 0 Å². The second kappa shape index (κ2) is 23.9. The Morgan fingerprint density at radius 3 is 1.43 bits per heavy atom. The van der Waals surface area contributed by atoms with Crippen LogP contribution in [-0.4, -0.2) is 22.3 Å². The molecule has 0 aromatic heterocycles. The van der Waals surface area contributed by atoms with Crippen LogP contribution in [0, 0.1) is 5.92 Å². The molecule has 0 rings (SSSR count). The summed E-state index contributed by atoms with van der Waals surface area (Å²) in [7, 11) is 0. The van der Waals surface area contributed by atoms with Gasteiger partial charge in [0.2, 0.25) is 0 Å². The van der Waals surface area contributed by atoms with E-state index >= 15 is 0 Å². The zero-order chi connectivity index (χ0) is 22.3. The number of rotatable bonds is 23. The fourth-order valence-electron chi connectivity index (χ4n) is 4.36. The van der Waals surface area contributed by atoms with Crippen LogP contribution in [0.4, 0.5) is 0 Å². The fraction of sp³-hybridized carbons (Fsp3) is 0.963. The van der Waals surface area contributed by atoms with Gasteiger partial charge in [0.05, 0.1) is 0 Å². The summed E-state index contributed by atoms with van der Waals surface area (Å²) >= 11 is 9.88. The van der Waals surface area contributed by atoms with Crippen molar-refractivity contribution < 1.29 is 0 Å². The normalized spacial score (nSPS) is 12.3. The van der Waals surface area contributed by atoms with Gasteiger partial charge < -0.3 is 4.90 Å². The van der Waals surface area contributed by atoms with Crippen molar-refractivity contribution in [3.8, 4) is 0 Å². The van der Waals surface area contributed by atoms with Crippen LogP contribution in [0.15, 0.2) is 0 Å². The van der Waals surface area contributed by atoms with E-state index in [4.69, 9.17) is 12.2 Å². The highest BCUT2D eigenvalue weighted by Gasteiger charge is 2.13. The summed E-state index contributed by atoms with van der Waals surface area (Å²) < 4.78 is 0.797. The molecular formula is C27H55NS2. The molecule has 3 heteroatoms. The molecule has 0 aliphatic rings. The summed E-state index contributed by atoms with van der Waals surface area (Å²) in [5.41, 5.74) is 0. The molecule has 0 heterocycles. The zero-order valence-electron chi connectivity index (χ0n) is 20.9. The number of hydrogen-bond acceptors (Lipinski definition) is 1. The van der Waals surface area contributed by atoms with Gasteiger partial charge in [0.25, 0.3) is 0 Å². The summed E-state index contributed by atoms with van der Waals surface area (Å²) in [6.07, 6.45) is 28.0. The zero-order valence-corrected chi connectivity index (χ0v) is 22.6. The number of thiol groups is 1. The summed E-state index contributed by atoms with van der Waals surface area (Å²) in [5, 5.41) is 0. The molecule has 0 aliphatic heterocycles. The third-order valence-corrected chi connectivity index (χ3v) is 7.12. The predicted molar refractivity (Wildman–Crippen MR) is 146 cm³/mol. The van der Waals surface area contributed by atoms with Gasteiger partial charge in [-0.2, -0.15) is 0 Å². The lowest BCUT2D eigenvalue weighted by atomic mass is 9.97. The molecule has 0 aromatic rings. The topological polar surface area (TPSA) is 3.24 Å². The minimum Gasteiger partial charge on any atom is -0.357 e. The largest absolute Gasteiger partial charge is 0.357 e. The van der Waals surface area contributed by atoms with E-state index in [0.29, 0.717) is 0 Å². The quantitative estimate of drug-likeness (QED) is 0.0923. The van der Waals surface area contributed by atoms with E-state index < -0.39 is 0 Å². The van der Waals surface area contributed by atoms with Crippen molar-refractivity contribution in [1.82, 2.24) is 4.90 Å². The van der Waals surface area contributed by atoms with E-state index in [-0.39, 0.29) is 0 Å². The monoisotopic (exact) mass is 457 g/mol. The second-order valence-electron chi connectivity index (χ2n) is 9.45. The Balaban J connectivity index is 3.61. The Morgan fingerprint density at radius 2 is 1.03 bits per heavy atom. The molecule has 0 radical (unpaired) electrons. The van der Waals surface area contributed by atoms with Gasteiger partial charge in [0, 0.05) is 13.1 Å². The third kappa shape index (κ3) is 20.2. The Bertz CT molecular complexity index is 359. The molecule has 0 spiro atoms. The van der Waals surface area contributed by atoms with Crippen LogP contribution in [0.1, 0.15) is 149 Å². The van der Waals surface area contributed by atoms with Gasteiger partial charge >= 0.3 is 0 Å². The molecule has 0 N–H and O–H groups in total. The maximum atomic E-state index is 5.40. The first-order valence-electron chi connectivity index (χ1n) is 13.6. The summed E-state index contributed by atoms with van der Waals surface area (Å²) in [6.45, 7) is 9.11. The Labute approximate surface area is 202 Å². The minimum atomic E-state index is 0.776. The van der Waals surface area contributed by atoms with Crippen LogP contribution in [0.25, 0.3) is 0 Å². The average Bonchev–Trinajstić information content (AvgIpc) is 2.74. The molecule has 0 amide bonds. The predicted octanol–water partition coefficient (Wildman–Crippen LogP) is 9.98. The van der Waals surface area contributed by atoms with E-state index in [9.17, 15) is 0 Å². The van der Waals surface area contributed by atoms with E-state index in [1.54, 1.807) is 0 Å². The lowest BCUT2D eigenvalue weighted by Gasteiger charge is -2.27. The maximum Gasteiger partial charge on any atom is 0.133 e. The molecule has 1 atom stereocenters. The molecule has 0 fully saturated rings. The van der Waals surface area contributed by atoms with Gasteiger partial charge in [0.1, 0.15) is 4.32 Å². The molecule has 1 unspecified atom stereocenters. The van der Waals surface area contributed by atoms with Gasteiger partial charge in [-0.05, 0) is 18.8 Å². The van der Waals surface area contributed by atoms with Crippen LogP contribution >= 0.6 is 24.8 Å². The highest BCUT2D eigenvalue weighted by atomic mass is 32.1. The van der Waals surface area contributed by atoms with Crippen LogP contribution in [0.2, 0.25) is 0 Å². The lowest BCUT2D eigenvalue weighted by Crippen LogP contribution is -2.32. The second-order valence-corrected chi connectivity index (χ2v) is 10.6. The molecule has 0 aromatic carbocycles. The van der Waals surface area contributed by atoms with Gasteiger partial charge in [-0.15, -0.1) is 12.6 Å². The van der Waals surface area contributed by atoms with Crippen molar-refractivity contribution in [2.24, 2.45) is 5.92 Å². The third-order valence-electron chi connectivity index (χ3n) is 6.57. The maximum absolute atomic E-state index is 5.40. The molecule has 30 heavy (non-hydrogen) atoms. The smallest absolute Gasteiger partial charge is 0.133 e. The molecular weight excluding hydrogens is 402 g/mol. The van der Waals surface area contributed by atoms with Crippen molar-refractivity contribution in [3.63, 3.8) is 0 Å². The standard InChI is InChI=1S/C27H55NS2/c1-4-7-9-11-12-13-14-15-16-17-18-19-20-21-23-26(6-3)25-28(27(29)30)24-22-10-8-5-2/h26H,4-25H2,1-3H3,(H,29,30). The number of nitrogens with zero attached hydrogens (tertiary/aromatic N) is 1. The highest BCUT2D eigenvalue weighted by molar-refractivity contribution is 8.10. The number of thiocarbonyl (C=S) groups is 1. The molecule has 0 saturated heterocycles. The lowest BCUT2D eigenvalue weighted by molar-refractivity contribution is 0.311. The molecule has 0 aliphatic carbocycles. The Morgan fingerprint density at radius 1 is 0.633 bits per heavy atom. The molecule has 1 nitrogen and oxygen atoms in total. The van der Waals surface area contributed by atoms with Crippen molar-refractivity contribution in [2.75, 3.05) is 13.1 Å². The van der Waals surface area contributed by atoms with Gasteiger partial charge in [-0.3, -0.25) is 0 Å². The average molecular weight is 458 g/mol. The molecule has 0 bridgehead atoms. The van der Waals surface area contributed by atoms with Gasteiger partial charge in [-0.1, -0.05) is 149 Å². The van der Waals surface area contributed by atoms with Crippen molar-refractivity contribution in [1.29, 1.82) is 0 Å². The van der Waals surface area contributed by atoms with Crippen LogP contribution in [-0.2, 0) is 0 Å². The van der Waals surface area contributed by atoms with Crippen molar-refractivity contribution in [2.45, 2.75) is 149 Å². The first-order chi connectivity index (χ1) is 14.7. The van der Waals surface area contributed by atoms with Gasteiger partial charge in [-0.25, -0.2) is 0 Å². The number of hydrogen-bond donors (Lipinski definition) is 1. The molecule has 0 saturated carbocycles. The summed E-state index contributed by atoms with van der Waals surface area (Å²) in [6, 6.07) is 0. The Hall–Kier alpha value is 0.240. The van der Waals surface area contributed by atoms with Crippen LogP contribution < -0.4 is 0 Å². The van der Waals surface area contributed by atoms with Gasteiger partial charge in [0.15, 0.2) is 0 Å². The highest BCUT2D eigenvalue weighted by Crippen LogP contribution is 2.19. The first-order valence-corrected chi connectivity index (χ1v) is 14.5. The summed E-state index contributed by atoms with van der Waals surface area (Å²) in [5.74, 6) is 0.776. The van der Waals surface area contributed by atoms with Crippen molar-refractivity contribution in [3.05, 3.63) is 0 Å². The first kappa shape index (κ1) is 30.2. The van der Waals surface area contributed by atoms with E-state index in [2.05, 4.69) is 38.3 Å². The van der Waals surface area contributed by atoms with E-state index in [0.717, 1.165) is 23.3 Å². The van der Waals surface area contributed by atoms with E-state index in [1.807, 2.05) is 0 Å². The SMILES string of the molecule is CCCCCCCCCCCCCCCCC(CC)CN(CCCCCC)C(=S)S. The van der Waals surface area contributed by atoms with Crippen LogP contribution in [0.3, 0.4) is 0 Å². The molecule has 180 valence electrons. The fourth-order valence-corrected chi connectivity index (χ4v) is 4.71. The van der Waals surface area contributed by atoms with Crippen molar-refractivity contribution >= 4 is 29.2 Å². The Kier molecular flexibility index (Phi) is 24.1. The number of unbranched alkanes of at least 4 members (excludes halogenated alkanes) is 16. The minimum absolute atomic E-state index is 0.776.